The van der Waals surface area contributed by atoms with Crippen molar-refractivity contribution >= 4 is 5.78 Å². The molecule has 4 nitrogen and oxygen atoms in total. The van der Waals surface area contributed by atoms with Gasteiger partial charge in [0.15, 0.2) is 5.78 Å². The Kier molecular flexibility index (Phi) is 3.79. The first-order chi connectivity index (χ1) is 11.1. The third-order valence-corrected chi connectivity index (χ3v) is 5.99. The predicted octanol–water partition coefficient (Wildman–Crippen LogP) is 3.78. The van der Waals surface area contributed by atoms with E-state index in [9.17, 15) is 20.1 Å². The summed E-state index contributed by atoms with van der Waals surface area (Å²) in [4.78, 5) is 12.8. The number of aromatic hydroxyl groups is 2. The number of phenolic OH excluding ortho intramolecular Hbond substituents is 2. The number of phenols is 2. The first kappa shape index (κ1) is 17.0. The highest BCUT2D eigenvalue weighted by Gasteiger charge is 2.49. The molecular formula is C20H26O4. The molecule has 1 saturated carbocycles. The second-order valence-electron chi connectivity index (χ2n) is 8.16. The van der Waals surface area contributed by atoms with Crippen molar-refractivity contribution in [1.82, 2.24) is 0 Å². The van der Waals surface area contributed by atoms with Gasteiger partial charge in [0, 0.05) is 29.1 Å². The number of aliphatic hydroxyl groups is 1. The Hall–Kier alpha value is -1.81. The minimum Gasteiger partial charge on any atom is -0.508 e. The van der Waals surface area contributed by atoms with Crippen LogP contribution in [0.4, 0.5) is 0 Å². The summed E-state index contributed by atoms with van der Waals surface area (Å²) >= 11 is 0. The Morgan fingerprint density at radius 2 is 1.88 bits per heavy atom. The third kappa shape index (κ3) is 2.20. The summed E-state index contributed by atoms with van der Waals surface area (Å²) in [5, 5.41) is 30.8. The van der Waals surface area contributed by atoms with Gasteiger partial charge in [0.2, 0.25) is 0 Å². The van der Waals surface area contributed by atoms with Gasteiger partial charge in [0.25, 0.3) is 0 Å². The van der Waals surface area contributed by atoms with E-state index in [1.54, 1.807) is 13.0 Å². The van der Waals surface area contributed by atoms with Crippen LogP contribution in [0.15, 0.2) is 17.7 Å². The molecule has 1 aromatic rings. The number of carbonyl (C=O) groups excluding carboxylic acids is 1. The normalized spacial score (nSPS) is 26.4. The van der Waals surface area contributed by atoms with Crippen LogP contribution in [0.2, 0.25) is 0 Å². The number of hydrogen-bond donors (Lipinski definition) is 3. The van der Waals surface area contributed by atoms with Crippen LogP contribution < -0.4 is 0 Å². The summed E-state index contributed by atoms with van der Waals surface area (Å²) in [5.74, 6) is -0.672. The van der Waals surface area contributed by atoms with Gasteiger partial charge in [-0.2, -0.15) is 0 Å². The maximum atomic E-state index is 12.8. The minimum absolute atomic E-state index is 0.0391. The Morgan fingerprint density at radius 1 is 1.21 bits per heavy atom. The van der Waals surface area contributed by atoms with Crippen molar-refractivity contribution < 1.29 is 20.1 Å². The lowest BCUT2D eigenvalue weighted by Gasteiger charge is -2.49. The molecule has 0 saturated heterocycles. The van der Waals surface area contributed by atoms with Crippen LogP contribution in [-0.4, -0.2) is 27.7 Å². The zero-order valence-electron chi connectivity index (χ0n) is 14.8. The highest BCUT2D eigenvalue weighted by molar-refractivity contribution is 6.11. The summed E-state index contributed by atoms with van der Waals surface area (Å²) < 4.78 is 0. The molecular weight excluding hydrogens is 304 g/mol. The summed E-state index contributed by atoms with van der Waals surface area (Å²) in [6.45, 7) is 7.91. The molecule has 3 rings (SSSR count). The first-order valence-corrected chi connectivity index (χ1v) is 8.60. The maximum Gasteiger partial charge on any atom is 0.190 e. The van der Waals surface area contributed by atoms with Gasteiger partial charge < -0.3 is 15.3 Å². The van der Waals surface area contributed by atoms with Crippen molar-refractivity contribution in [2.24, 2.45) is 5.41 Å². The van der Waals surface area contributed by atoms with Gasteiger partial charge in [-0.3, -0.25) is 4.79 Å². The maximum absolute atomic E-state index is 12.8. The molecule has 2 atom stereocenters. The van der Waals surface area contributed by atoms with Crippen LogP contribution in [0.3, 0.4) is 0 Å². The van der Waals surface area contributed by atoms with Crippen LogP contribution in [0.5, 0.6) is 11.5 Å². The molecule has 0 radical (unpaired) electrons. The molecule has 24 heavy (non-hydrogen) atoms. The molecule has 1 aromatic carbocycles. The molecule has 1 fully saturated rings. The largest absolute Gasteiger partial charge is 0.508 e. The molecule has 2 aliphatic rings. The number of fused-ring (bicyclic) bond motifs is 3. The van der Waals surface area contributed by atoms with Gasteiger partial charge in [-0.1, -0.05) is 39.7 Å². The Morgan fingerprint density at radius 3 is 2.50 bits per heavy atom. The lowest BCUT2D eigenvalue weighted by molar-refractivity contribution is 0.102. The summed E-state index contributed by atoms with van der Waals surface area (Å²) in [5.41, 5.74) is 1.64. The van der Waals surface area contributed by atoms with Gasteiger partial charge in [0.05, 0.1) is 5.56 Å². The van der Waals surface area contributed by atoms with E-state index in [0.29, 0.717) is 11.1 Å². The van der Waals surface area contributed by atoms with Gasteiger partial charge in [-0.05, 0) is 30.4 Å². The molecule has 0 aliphatic heterocycles. The monoisotopic (exact) mass is 330 g/mol. The zero-order valence-corrected chi connectivity index (χ0v) is 14.8. The predicted molar refractivity (Wildman–Crippen MR) is 92.7 cm³/mol. The zero-order chi connectivity index (χ0) is 17.9. The van der Waals surface area contributed by atoms with Crippen molar-refractivity contribution in [1.29, 1.82) is 0 Å². The lowest BCUT2D eigenvalue weighted by Crippen LogP contribution is -2.41. The molecule has 0 amide bonds. The van der Waals surface area contributed by atoms with E-state index in [4.69, 9.17) is 0 Å². The van der Waals surface area contributed by atoms with Gasteiger partial charge >= 0.3 is 0 Å². The van der Waals surface area contributed by atoms with Crippen molar-refractivity contribution in [2.75, 3.05) is 6.61 Å². The number of rotatable bonds is 2. The molecule has 130 valence electrons. The second kappa shape index (κ2) is 5.35. The summed E-state index contributed by atoms with van der Waals surface area (Å²) in [6.07, 6.45) is 4.51. The SMILES string of the molecule is C[C@H](CO)c1cc(O)c2c(c1O)C(=O)C=C1C(C)(C)CCC[C@@]12C. The van der Waals surface area contributed by atoms with Crippen LogP contribution in [0.25, 0.3) is 0 Å². The Bertz CT molecular complexity index is 744. The molecule has 4 heteroatoms. The van der Waals surface area contributed by atoms with E-state index < -0.39 is 5.41 Å². The van der Waals surface area contributed by atoms with Gasteiger partial charge in [-0.15, -0.1) is 0 Å². The third-order valence-electron chi connectivity index (χ3n) is 5.99. The minimum atomic E-state index is -0.451. The first-order valence-electron chi connectivity index (χ1n) is 8.60. The van der Waals surface area contributed by atoms with E-state index in [1.165, 1.54) is 6.07 Å². The van der Waals surface area contributed by atoms with Crippen molar-refractivity contribution in [3.63, 3.8) is 0 Å². The van der Waals surface area contributed by atoms with Crippen molar-refractivity contribution in [3.05, 3.63) is 34.4 Å². The average molecular weight is 330 g/mol. The number of benzene rings is 1. The molecule has 0 bridgehead atoms. The quantitative estimate of drug-likeness (QED) is 0.721. The fourth-order valence-corrected chi connectivity index (χ4v) is 4.67. The number of carbonyl (C=O) groups is 1. The average Bonchev–Trinajstić information content (AvgIpc) is 2.50. The van der Waals surface area contributed by atoms with Crippen LogP contribution in [0.1, 0.15) is 74.4 Å². The highest BCUT2D eigenvalue weighted by Crippen LogP contribution is 2.58. The highest BCUT2D eigenvalue weighted by atomic mass is 16.3. The molecule has 2 aliphatic carbocycles. The van der Waals surface area contributed by atoms with E-state index in [0.717, 1.165) is 24.8 Å². The Labute approximate surface area is 142 Å². The van der Waals surface area contributed by atoms with Crippen LogP contribution >= 0.6 is 0 Å². The fourth-order valence-electron chi connectivity index (χ4n) is 4.67. The molecule has 3 N–H and O–H groups in total. The van der Waals surface area contributed by atoms with E-state index in [2.05, 4.69) is 20.8 Å². The lowest BCUT2D eigenvalue weighted by atomic mass is 9.55. The number of ketones is 1. The fraction of sp³-hybridized carbons (Fsp3) is 0.550. The van der Waals surface area contributed by atoms with Gasteiger partial charge in [-0.25, -0.2) is 0 Å². The molecule has 0 aromatic heterocycles. The van der Waals surface area contributed by atoms with Crippen molar-refractivity contribution in [3.8, 4) is 11.5 Å². The second-order valence-corrected chi connectivity index (χ2v) is 8.16. The van der Waals surface area contributed by atoms with E-state index in [-0.39, 0.29) is 40.8 Å². The summed E-state index contributed by atoms with van der Waals surface area (Å²) in [6, 6.07) is 1.51. The summed E-state index contributed by atoms with van der Waals surface area (Å²) in [7, 11) is 0. The van der Waals surface area contributed by atoms with E-state index in [1.807, 2.05) is 0 Å². The Balaban J connectivity index is 2.31. The van der Waals surface area contributed by atoms with Crippen LogP contribution in [0, 0.1) is 5.41 Å². The number of hydrogen-bond acceptors (Lipinski definition) is 4. The molecule has 0 heterocycles. The molecule has 0 spiro atoms. The number of aliphatic hydroxyl groups excluding tert-OH is 1. The van der Waals surface area contributed by atoms with Crippen molar-refractivity contribution in [2.45, 2.75) is 58.3 Å². The van der Waals surface area contributed by atoms with Crippen LogP contribution in [-0.2, 0) is 5.41 Å². The standard InChI is InChI=1S/C20H26O4/c1-11(10-21)12-8-14(23)17-16(18(12)24)13(22)9-15-19(2,3)6-5-7-20(15,17)4/h8-9,11,21,23-24H,5-7,10H2,1-4H3/t11-,20+/m1/s1. The number of allylic oxidation sites excluding steroid dienone is 2. The smallest absolute Gasteiger partial charge is 0.190 e. The van der Waals surface area contributed by atoms with E-state index >= 15 is 0 Å². The topological polar surface area (TPSA) is 77.8 Å². The van der Waals surface area contributed by atoms with Gasteiger partial charge in [0.1, 0.15) is 11.5 Å². The molecule has 0 unspecified atom stereocenters.